The van der Waals surface area contributed by atoms with E-state index in [0.717, 1.165) is 11.3 Å². The highest BCUT2D eigenvalue weighted by Gasteiger charge is 2.14. The molecule has 0 fully saturated rings. The van der Waals surface area contributed by atoms with Crippen LogP contribution in [0.25, 0.3) is 0 Å². The molecule has 5 nitrogen and oxygen atoms in total. The molecule has 110 valence electrons. The minimum Gasteiger partial charge on any atom is -0.497 e. The Kier molecular flexibility index (Phi) is 4.65. The quantitative estimate of drug-likeness (QED) is 0.882. The van der Waals surface area contributed by atoms with E-state index in [2.05, 4.69) is 4.98 Å². The molecule has 2 N–H and O–H groups in total. The van der Waals surface area contributed by atoms with Gasteiger partial charge in [-0.1, -0.05) is 23.7 Å². The van der Waals surface area contributed by atoms with Gasteiger partial charge < -0.3 is 15.4 Å². The molecule has 0 aliphatic carbocycles. The number of hydrogen-bond acceptors (Lipinski definition) is 4. The zero-order valence-corrected chi connectivity index (χ0v) is 12.6. The van der Waals surface area contributed by atoms with E-state index in [0.29, 0.717) is 12.1 Å². The maximum Gasteiger partial charge on any atom is 0.254 e. The van der Waals surface area contributed by atoms with Crippen molar-refractivity contribution < 1.29 is 9.53 Å². The predicted octanol–water partition coefficient (Wildman–Crippen LogP) is 2.60. The van der Waals surface area contributed by atoms with E-state index in [4.69, 9.17) is 22.1 Å². The normalized spacial score (nSPS) is 10.2. The molecule has 2 aromatic rings. The van der Waals surface area contributed by atoms with Crippen LogP contribution in [0.15, 0.2) is 36.4 Å². The van der Waals surface area contributed by atoms with Crippen molar-refractivity contribution in [3.05, 3.63) is 52.7 Å². The molecule has 0 saturated heterocycles. The Bertz CT molecular complexity index is 624. The lowest BCUT2D eigenvalue weighted by molar-refractivity contribution is 0.0785. The van der Waals surface area contributed by atoms with Gasteiger partial charge in [0.15, 0.2) is 0 Å². The summed E-state index contributed by atoms with van der Waals surface area (Å²) in [6, 6.07) is 10.6. The van der Waals surface area contributed by atoms with Gasteiger partial charge in [-0.05, 0) is 29.8 Å². The number of ether oxygens (including phenoxy) is 1. The lowest BCUT2D eigenvalue weighted by Crippen LogP contribution is -2.26. The van der Waals surface area contributed by atoms with Crippen LogP contribution in [0.3, 0.4) is 0 Å². The molecule has 0 bridgehead atoms. The van der Waals surface area contributed by atoms with E-state index < -0.39 is 0 Å². The minimum atomic E-state index is -0.165. The number of aromatic nitrogens is 1. The zero-order chi connectivity index (χ0) is 15.4. The summed E-state index contributed by atoms with van der Waals surface area (Å²) in [6.45, 7) is 0.475. The Labute approximate surface area is 128 Å². The molecule has 1 aromatic carbocycles. The fourth-order valence-corrected chi connectivity index (χ4v) is 2.15. The highest BCUT2D eigenvalue weighted by atomic mass is 35.5. The van der Waals surface area contributed by atoms with Crippen molar-refractivity contribution in [2.24, 2.45) is 0 Å². The second kappa shape index (κ2) is 6.45. The van der Waals surface area contributed by atoms with Gasteiger partial charge in [-0.25, -0.2) is 4.98 Å². The van der Waals surface area contributed by atoms with Gasteiger partial charge in [-0.15, -0.1) is 0 Å². The van der Waals surface area contributed by atoms with Crippen LogP contribution >= 0.6 is 11.6 Å². The predicted molar refractivity (Wildman–Crippen MR) is 82.5 cm³/mol. The van der Waals surface area contributed by atoms with Crippen molar-refractivity contribution in [3.63, 3.8) is 0 Å². The van der Waals surface area contributed by atoms with E-state index in [-0.39, 0.29) is 16.9 Å². The van der Waals surface area contributed by atoms with Gasteiger partial charge in [0.25, 0.3) is 5.91 Å². The molecular weight excluding hydrogens is 290 g/mol. The highest BCUT2D eigenvalue weighted by molar-refractivity contribution is 6.29. The molecule has 6 heteroatoms. The van der Waals surface area contributed by atoms with Crippen molar-refractivity contribution >= 4 is 23.3 Å². The van der Waals surface area contributed by atoms with Crippen molar-refractivity contribution in [1.82, 2.24) is 9.88 Å². The fraction of sp³-hybridized carbons (Fsp3) is 0.200. The summed E-state index contributed by atoms with van der Waals surface area (Å²) in [6.07, 6.45) is 0. The van der Waals surface area contributed by atoms with Crippen LogP contribution in [-0.4, -0.2) is 29.9 Å². The Morgan fingerprint density at radius 3 is 2.57 bits per heavy atom. The molecular formula is C15H16ClN3O2. The lowest BCUT2D eigenvalue weighted by atomic mass is 10.2. The molecule has 0 unspecified atom stereocenters. The molecule has 1 aromatic heterocycles. The van der Waals surface area contributed by atoms with Crippen molar-refractivity contribution in [3.8, 4) is 5.75 Å². The van der Waals surface area contributed by atoms with Crippen molar-refractivity contribution in [2.75, 3.05) is 19.9 Å². The number of carbonyl (C=O) groups excluding carboxylic acids is 1. The van der Waals surface area contributed by atoms with Crippen LogP contribution in [-0.2, 0) is 6.54 Å². The Morgan fingerprint density at radius 1 is 1.33 bits per heavy atom. The van der Waals surface area contributed by atoms with Crippen LogP contribution in [0.1, 0.15) is 15.9 Å². The number of amides is 1. The number of hydrogen-bond donors (Lipinski definition) is 1. The second-order valence-corrected chi connectivity index (χ2v) is 5.00. The SMILES string of the molecule is COc1ccc(CN(C)C(=O)c2cc(N)nc(Cl)c2)cc1. The molecule has 0 aliphatic heterocycles. The smallest absolute Gasteiger partial charge is 0.254 e. The van der Waals surface area contributed by atoms with Crippen LogP contribution in [0.2, 0.25) is 5.15 Å². The number of nitrogens with two attached hydrogens (primary N) is 1. The molecule has 1 amide bonds. The van der Waals surface area contributed by atoms with Gasteiger partial charge in [-0.2, -0.15) is 0 Å². The molecule has 0 spiro atoms. The molecule has 0 atom stereocenters. The number of pyridine rings is 1. The average Bonchev–Trinajstić information content (AvgIpc) is 2.46. The van der Waals surface area contributed by atoms with Crippen LogP contribution in [0.4, 0.5) is 5.82 Å². The van der Waals surface area contributed by atoms with Gasteiger partial charge >= 0.3 is 0 Å². The molecule has 0 aliphatic rings. The number of nitrogens with zero attached hydrogens (tertiary/aromatic N) is 2. The summed E-state index contributed by atoms with van der Waals surface area (Å²) in [5.41, 5.74) is 7.02. The largest absolute Gasteiger partial charge is 0.497 e. The zero-order valence-electron chi connectivity index (χ0n) is 11.8. The third-order valence-electron chi connectivity index (χ3n) is 2.99. The Hall–Kier alpha value is -2.27. The Balaban J connectivity index is 2.11. The van der Waals surface area contributed by atoms with Crippen molar-refractivity contribution in [2.45, 2.75) is 6.54 Å². The number of benzene rings is 1. The maximum atomic E-state index is 12.3. The van der Waals surface area contributed by atoms with Crippen molar-refractivity contribution in [1.29, 1.82) is 0 Å². The maximum absolute atomic E-state index is 12.3. The molecule has 1 heterocycles. The summed E-state index contributed by atoms with van der Waals surface area (Å²) < 4.78 is 5.10. The van der Waals surface area contributed by atoms with Crippen LogP contribution < -0.4 is 10.5 Å². The summed E-state index contributed by atoms with van der Waals surface area (Å²) in [7, 11) is 3.33. The van der Waals surface area contributed by atoms with E-state index in [1.54, 1.807) is 19.1 Å². The second-order valence-electron chi connectivity index (χ2n) is 4.61. The van der Waals surface area contributed by atoms with E-state index >= 15 is 0 Å². The topological polar surface area (TPSA) is 68.5 Å². The number of methoxy groups -OCH3 is 1. The van der Waals surface area contributed by atoms with E-state index in [1.165, 1.54) is 12.1 Å². The van der Waals surface area contributed by atoms with Gasteiger partial charge in [0.1, 0.15) is 16.7 Å². The lowest BCUT2D eigenvalue weighted by Gasteiger charge is -2.17. The Morgan fingerprint density at radius 2 is 2.00 bits per heavy atom. The number of carbonyl (C=O) groups is 1. The van der Waals surface area contributed by atoms with Gasteiger partial charge in [0.2, 0.25) is 0 Å². The first-order valence-electron chi connectivity index (χ1n) is 6.31. The first kappa shape index (κ1) is 15.1. The molecule has 0 saturated carbocycles. The molecule has 0 radical (unpaired) electrons. The van der Waals surface area contributed by atoms with Crippen LogP contribution in [0, 0.1) is 0 Å². The minimum absolute atomic E-state index is 0.165. The van der Waals surface area contributed by atoms with Gasteiger partial charge in [-0.3, -0.25) is 4.79 Å². The standard InChI is InChI=1S/C15H16ClN3O2/c1-19(9-10-3-5-12(21-2)6-4-10)15(20)11-7-13(16)18-14(17)8-11/h3-8H,9H2,1-2H3,(H2,17,18). The summed E-state index contributed by atoms with van der Waals surface area (Å²) in [4.78, 5) is 17.8. The first-order chi connectivity index (χ1) is 9.99. The molecule has 21 heavy (non-hydrogen) atoms. The summed E-state index contributed by atoms with van der Waals surface area (Å²) in [5, 5.41) is 0.205. The van der Waals surface area contributed by atoms with Gasteiger partial charge in [0.05, 0.1) is 7.11 Å². The summed E-state index contributed by atoms with van der Waals surface area (Å²) >= 11 is 5.82. The highest BCUT2D eigenvalue weighted by Crippen LogP contribution is 2.16. The number of nitrogen functional groups attached to an aromatic ring is 1. The number of anilines is 1. The van der Waals surface area contributed by atoms with Crippen LogP contribution in [0.5, 0.6) is 5.75 Å². The fourth-order valence-electron chi connectivity index (χ4n) is 1.94. The van der Waals surface area contributed by atoms with E-state index in [1.807, 2.05) is 24.3 Å². The number of rotatable bonds is 4. The first-order valence-corrected chi connectivity index (χ1v) is 6.69. The molecule has 2 rings (SSSR count). The van der Waals surface area contributed by atoms with E-state index in [9.17, 15) is 4.79 Å². The third-order valence-corrected chi connectivity index (χ3v) is 3.18. The van der Waals surface area contributed by atoms with Gasteiger partial charge in [0, 0.05) is 19.2 Å². The third kappa shape index (κ3) is 3.86. The monoisotopic (exact) mass is 305 g/mol. The average molecular weight is 306 g/mol. The number of halogens is 1. The summed E-state index contributed by atoms with van der Waals surface area (Å²) in [5.74, 6) is 0.840.